The van der Waals surface area contributed by atoms with Crippen LogP contribution < -0.4 is 10.6 Å². The Labute approximate surface area is 146 Å². The topological polar surface area (TPSA) is 70.6 Å². The number of hydrogen-bond donors (Lipinski definition) is 2. The van der Waals surface area contributed by atoms with E-state index in [1.54, 1.807) is 0 Å². The van der Waals surface area contributed by atoms with Crippen LogP contribution in [0.25, 0.3) is 0 Å². The molecule has 0 radical (unpaired) electrons. The number of carbonyl (C=O) groups excluding carboxylic acids is 2. The zero-order chi connectivity index (χ0) is 17.1. The van der Waals surface area contributed by atoms with E-state index in [0.29, 0.717) is 11.2 Å². The number of thioether (sulfide) groups is 1. The average molecular weight is 345 g/mol. The number of aryl methyl sites for hydroxylation is 2. The van der Waals surface area contributed by atoms with Crippen molar-refractivity contribution in [2.24, 2.45) is 4.99 Å². The second kappa shape index (κ2) is 7.38. The van der Waals surface area contributed by atoms with Crippen molar-refractivity contribution in [3.8, 4) is 0 Å². The minimum Gasteiger partial charge on any atom is -0.353 e. The minimum absolute atomic E-state index is 0.0467. The van der Waals surface area contributed by atoms with Crippen LogP contribution in [0.4, 0.5) is 5.69 Å². The summed E-state index contributed by atoms with van der Waals surface area (Å²) in [6.45, 7) is 4.20. The Morgan fingerprint density at radius 3 is 2.54 bits per heavy atom. The van der Waals surface area contributed by atoms with Crippen LogP contribution in [0.2, 0.25) is 0 Å². The lowest BCUT2D eigenvalue weighted by Crippen LogP contribution is -2.32. The van der Waals surface area contributed by atoms with Gasteiger partial charge in [-0.05, 0) is 36.8 Å². The van der Waals surface area contributed by atoms with Crippen LogP contribution in [0.3, 0.4) is 0 Å². The molecule has 1 aliphatic heterocycles. The monoisotopic (exact) mass is 345 g/mol. The zero-order valence-corrected chi connectivity index (χ0v) is 14.9. The summed E-state index contributed by atoms with van der Waals surface area (Å²) >= 11 is 1.36. The Kier molecular flexibility index (Phi) is 5.23. The van der Waals surface area contributed by atoms with Crippen LogP contribution in [0, 0.1) is 0 Å². The first-order chi connectivity index (χ1) is 11.6. The Bertz CT molecular complexity index is 661. The first-order valence-corrected chi connectivity index (χ1v) is 9.45. The highest BCUT2D eigenvalue weighted by molar-refractivity contribution is 8.15. The molecule has 1 saturated carbocycles. The zero-order valence-electron chi connectivity index (χ0n) is 14.1. The second-order valence-electron chi connectivity index (χ2n) is 6.19. The first kappa shape index (κ1) is 17.0. The number of nitrogens with one attached hydrogen (secondary N) is 2. The van der Waals surface area contributed by atoms with Crippen LogP contribution in [0.15, 0.2) is 23.2 Å². The number of para-hydroxylation sites is 1. The molecule has 128 valence electrons. The third-order valence-electron chi connectivity index (χ3n) is 4.27. The van der Waals surface area contributed by atoms with E-state index in [0.717, 1.165) is 31.4 Å². The molecule has 1 aromatic carbocycles. The van der Waals surface area contributed by atoms with Gasteiger partial charge in [-0.2, -0.15) is 0 Å². The SMILES string of the molecule is CCc1cccc(CC)c1N=C1NC(=O)C(CC(=O)NC2CC2)S1. The number of rotatable bonds is 6. The summed E-state index contributed by atoms with van der Waals surface area (Å²) < 4.78 is 0. The van der Waals surface area contributed by atoms with Gasteiger partial charge in [0.15, 0.2) is 5.17 Å². The summed E-state index contributed by atoms with van der Waals surface area (Å²) in [4.78, 5) is 28.7. The van der Waals surface area contributed by atoms with E-state index in [9.17, 15) is 9.59 Å². The van der Waals surface area contributed by atoms with Gasteiger partial charge in [0.25, 0.3) is 0 Å². The number of nitrogens with zero attached hydrogens (tertiary/aromatic N) is 1. The molecule has 3 rings (SSSR count). The van der Waals surface area contributed by atoms with Crippen molar-refractivity contribution in [3.05, 3.63) is 29.3 Å². The van der Waals surface area contributed by atoms with E-state index >= 15 is 0 Å². The highest BCUT2D eigenvalue weighted by atomic mass is 32.2. The summed E-state index contributed by atoms with van der Waals surface area (Å²) in [6.07, 6.45) is 4.10. The van der Waals surface area contributed by atoms with Gasteiger partial charge in [0, 0.05) is 12.5 Å². The van der Waals surface area contributed by atoms with Gasteiger partial charge in [-0.25, -0.2) is 4.99 Å². The maximum atomic E-state index is 12.1. The van der Waals surface area contributed by atoms with Gasteiger partial charge in [0.2, 0.25) is 11.8 Å². The molecule has 2 fully saturated rings. The van der Waals surface area contributed by atoms with E-state index in [1.165, 1.54) is 22.9 Å². The van der Waals surface area contributed by atoms with Crippen LogP contribution in [-0.4, -0.2) is 28.3 Å². The van der Waals surface area contributed by atoms with E-state index in [4.69, 9.17) is 4.99 Å². The number of aliphatic imine (C=N–C) groups is 1. The van der Waals surface area contributed by atoms with Gasteiger partial charge in [0.1, 0.15) is 5.25 Å². The smallest absolute Gasteiger partial charge is 0.240 e. The molecule has 6 heteroatoms. The molecule has 2 N–H and O–H groups in total. The maximum Gasteiger partial charge on any atom is 0.240 e. The molecule has 1 aromatic rings. The number of benzene rings is 1. The fourth-order valence-corrected chi connectivity index (χ4v) is 3.71. The fraction of sp³-hybridized carbons (Fsp3) is 0.500. The quantitative estimate of drug-likeness (QED) is 0.833. The number of amidine groups is 1. The molecule has 0 spiro atoms. The molecule has 1 heterocycles. The molecule has 2 amide bonds. The molecule has 1 aliphatic carbocycles. The van der Waals surface area contributed by atoms with Crippen LogP contribution in [-0.2, 0) is 22.4 Å². The van der Waals surface area contributed by atoms with E-state index < -0.39 is 0 Å². The molecular weight excluding hydrogens is 322 g/mol. The number of hydrogen-bond acceptors (Lipinski definition) is 4. The predicted octanol–water partition coefficient (Wildman–Crippen LogP) is 2.70. The van der Waals surface area contributed by atoms with Gasteiger partial charge < -0.3 is 10.6 Å². The Hall–Kier alpha value is -1.82. The standard InChI is InChI=1S/C18H23N3O2S/c1-3-11-6-5-7-12(4-2)16(11)20-18-21-17(23)14(24-18)10-15(22)19-13-8-9-13/h5-7,13-14H,3-4,8-10H2,1-2H3,(H,19,22)(H,20,21,23). The highest BCUT2D eigenvalue weighted by Crippen LogP contribution is 2.30. The summed E-state index contributed by atoms with van der Waals surface area (Å²) in [6, 6.07) is 6.51. The van der Waals surface area contributed by atoms with Crippen molar-refractivity contribution in [2.75, 3.05) is 0 Å². The molecule has 5 nitrogen and oxygen atoms in total. The highest BCUT2D eigenvalue weighted by Gasteiger charge is 2.33. The van der Waals surface area contributed by atoms with Crippen molar-refractivity contribution in [1.29, 1.82) is 0 Å². The number of amides is 2. The average Bonchev–Trinajstić information content (AvgIpc) is 3.31. The number of carbonyl (C=O) groups is 2. The van der Waals surface area contributed by atoms with E-state index in [2.05, 4.69) is 36.6 Å². The Morgan fingerprint density at radius 2 is 1.96 bits per heavy atom. The third kappa shape index (κ3) is 3.98. The molecular formula is C18H23N3O2S. The molecule has 2 aliphatic rings. The summed E-state index contributed by atoms with van der Waals surface area (Å²) in [7, 11) is 0. The Balaban J connectivity index is 1.73. The molecule has 0 bridgehead atoms. The van der Waals surface area contributed by atoms with Gasteiger partial charge in [0.05, 0.1) is 5.69 Å². The molecule has 24 heavy (non-hydrogen) atoms. The minimum atomic E-state index is -0.388. The first-order valence-electron chi connectivity index (χ1n) is 8.57. The van der Waals surface area contributed by atoms with Crippen molar-refractivity contribution in [3.63, 3.8) is 0 Å². The van der Waals surface area contributed by atoms with E-state index in [-0.39, 0.29) is 23.5 Å². The van der Waals surface area contributed by atoms with Crippen molar-refractivity contribution in [2.45, 2.75) is 57.2 Å². The van der Waals surface area contributed by atoms with Crippen molar-refractivity contribution < 1.29 is 9.59 Å². The molecule has 1 atom stereocenters. The lowest BCUT2D eigenvalue weighted by molar-refractivity contribution is -0.125. The maximum absolute atomic E-state index is 12.1. The van der Waals surface area contributed by atoms with Gasteiger partial charge in [-0.1, -0.05) is 43.8 Å². The fourth-order valence-electron chi connectivity index (χ4n) is 2.74. The van der Waals surface area contributed by atoms with Crippen LogP contribution in [0.5, 0.6) is 0 Å². The molecule has 1 saturated heterocycles. The second-order valence-corrected chi connectivity index (χ2v) is 7.38. The summed E-state index contributed by atoms with van der Waals surface area (Å²) in [5.41, 5.74) is 3.30. The summed E-state index contributed by atoms with van der Waals surface area (Å²) in [5.74, 6) is -0.175. The lowest BCUT2D eigenvalue weighted by Gasteiger charge is -2.09. The largest absolute Gasteiger partial charge is 0.353 e. The molecule has 0 aromatic heterocycles. The Morgan fingerprint density at radius 1 is 1.29 bits per heavy atom. The van der Waals surface area contributed by atoms with Crippen LogP contribution in [0.1, 0.15) is 44.2 Å². The third-order valence-corrected chi connectivity index (χ3v) is 5.35. The normalized spacial score (nSPS) is 21.8. The van der Waals surface area contributed by atoms with Gasteiger partial charge in [-0.3, -0.25) is 9.59 Å². The van der Waals surface area contributed by atoms with Crippen molar-refractivity contribution in [1.82, 2.24) is 10.6 Å². The summed E-state index contributed by atoms with van der Waals surface area (Å²) in [5, 5.41) is 5.96. The van der Waals surface area contributed by atoms with Crippen molar-refractivity contribution >= 4 is 34.4 Å². The predicted molar refractivity (Wildman–Crippen MR) is 97.6 cm³/mol. The van der Waals surface area contributed by atoms with Gasteiger partial charge in [-0.15, -0.1) is 0 Å². The lowest BCUT2D eigenvalue weighted by atomic mass is 10.0. The molecule has 1 unspecified atom stereocenters. The van der Waals surface area contributed by atoms with E-state index in [1.807, 2.05) is 6.07 Å². The van der Waals surface area contributed by atoms with Gasteiger partial charge >= 0.3 is 0 Å². The van der Waals surface area contributed by atoms with Crippen LogP contribution >= 0.6 is 11.8 Å².